The smallest absolute Gasteiger partial charge is 0.204 e. The number of benzene rings is 1. The molecule has 2 heterocycles. The topological polar surface area (TPSA) is 52.8 Å². The van der Waals surface area contributed by atoms with Gasteiger partial charge in [-0.05, 0) is 29.5 Å². The molecule has 0 bridgehead atoms. The summed E-state index contributed by atoms with van der Waals surface area (Å²) < 4.78 is 6.12. The van der Waals surface area contributed by atoms with Crippen LogP contribution < -0.4 is 0 Å². The molecule has 0 unspecified atom stereocenters. The maximum atomic E-state index is 5.09. The van der Waals surface area contributed by atoms with Crippen molar-refractivity contribution in [2.75, 3.05) is 13.2 Å². The molecule has 1 saturated heterocycles. The first-order chi connectivity index (χ1) is 7.83. The van der Waals surface area contributed by atoms with E-state index in [2.05, 4.69) is 31.3 Å². The summed E-state index contributed by atoms with van der Waals surface area (Å²) in [6.45, 7) is 1.35. The standard InChI is InChI=1S/C10H9BrN4O/c11-8-3-1-7(2-4-8)10-12-14-15(13-10)9-5-16-6-9/h1-4,9H,5-6H2. The first kappa shape index (κ1) is 9.92. The minimum absolute atomic E-state index is 0.247. The molecule has 6 heteroatoms. The lowest BCUT2D eigenvalue weighted by atomic mass is 10.2. The minimum atomic E-state index is 0.247. The van der Waals surface area contributed by atoms with Gasteiger partial charge in [0.05, 0.1) is 13.2 Å². The predicted octanol–water partition coefficient (Wildman–Crippen LogP) is 1.67. The van der Waals surface area contributed by atoms with Crippen molar-refractivity contribution in [1.29, 1.82) is 0 Å². The Morgan fingerprint density at radius 2 is 2.00 bits per heavy atom. The molecule has 0 N–H and O–H groups in total. The normalized spacial score (nSPS) is 16.1. The van der Waals surface area contributed by atoms with Gasteiger partial charge in [0.15, 0.2) is 0 Å². The van der Waals surface area contributed by atoms with Gasteiger partial charge in [-0.15, -0.1) is 10.2 Å². The molecule has 0 aliphatic carbocycles. The van der Waals surface area contributed by atoms with E-state index in [1.807, 2.05) is 24.3 Å². The fourth-order valence-electron chi connectivity index (χ4n) is 1.45. The average molecular weight is 281 g/mol. The van der Waals surface area contributed by atoms with E-state index in [4.69, 9.17) is 4.74 Å². The van der Waals surface area contributed by atoms with Crippen LogP contribution in [0.1, 0.15) is 6.04 Å². The highest BCUT2D eigenvalue weighted by Crippen LogP contribution is 2.19. The van der Waals surface area contributed by atoms with Gasteiger partial charge in [-0.3, -0.25) is 0 Å². The summed E-state index contributed by atoms with van der Waals surface area (Å²) in [5.41, 5.74) is 0.967. The first-order valence-electron chi connectivity index (χ1n) is 4.96. The van der Waals surface area contributed by atoms with Crippen LogP contribution in [-0.2, 0) is 4.74 Å². The zero-order chi connectivity index (χ0) is 11.0. The summed E-state index contributed by atoms with van der Waals surface area (Å²) in [6.07, 6.45) is 0. The SMILES string of the molecule is Brc1ccc(-c2nnn(C3COC3)n2)cc1. The van der Waals surface area contributed by atoms with Gasteiger partial charge in [0.2, 0.25) is 5.82 Å². The van der Waals surface area contributed by atoms with Gasteiger partial charge in [-0.2, -0.15) is 4.80 Å². The van der Waals surface area contributed by atoms with Crippen molar-refractivity contribution in [2.24, 2.45) is 0 Å². The monoisotopic (exact) mass is 280 g/mol. The number of ether oxygens (including phenoxy) is 1. The van der Waals surface area contributed by atoms with E-state index in [9.17, 15) is 0 Å². The van der Waals surface area contributed by atoms with E-state index in [0.29, 0.717) is 19.0 Å². The summed E-state index contributed by atoms with van der Waals surface area (Å²) in [7, 11) is 0. The molecule has 16 heavy (non-hydrogen) atoms. The molecule has 1 aliphatic rings. The number of hydrogen-bond donors (Lipinski definition) is 0. The van der Waals surface area contributed by atoms with Gasteiger partial charge in [0.25, 0.3) is 0 Å². The molecule has 82 valence electrons. The Balaban J connectivity index is 1.88. The number of hydrogen-bond acceptors (Lipinski definition) is 4. The van der Waals surface area contributed by atoms with Crippen molar-refractivity contribution in [3.8, 4) is 11.4 Å². The van der Waals surface area contributed by atoms with E-state index in [-0.39, 0.29) is 6.04 Å². The highest BCUT2D eigenvalue weighted by molar-refractivity contribution is 9.10. The van der Waals surface area contributed by atoms with E-state index in [1.165, 1.54) is 0 Å². The third kappa shape index (κ3) is 1.74. The quantitative estimate of drug-likeness (QED) is 0.840. The number of halogens is 1. The highest BCUT2D eigenvalue weighted by atomic mass is 79.9. The molecule has 1 fully saturated rings. The fourth-order valence-corrected chi connectivity index (χ4v) is 1.72. The van der Waals surface area contributed by atoms with Crippen molar-refractivity contribution < 1.29 is 4.74 Å². The number of nitrogens with zero attached hydrogens (tertiary/aromatic N) is 4. The zero-order valence-electron chi connectivity index (χ0n) is 8.38. The summed E-state index contributed by atoms with van der Waals surface area (Å²) >= 11 is 3.39. The molecule has 0 spiro atoms. The van der Waals surface area contributed by atoms with Crippen LogP contribution in [0.5, 0.6) is 0 Å². The van der Waals surface area contributed by atoms with Crippen LogP contribution >= 0.6 is 15.9 Å². The van der Waals surface area contributed by atoms with Crippen molar-refractivity contribution >= 4 is 15.9 Å². The zero-order valence-corrected chi connectivity index (χ0v) is 9.96. The van der Waals surface area contributed by atoms with Crippen molar-refractivity contribution in [1.82, 2.24) is 20.2 Å². The lowest BCUT2D eigenvalue weighted by Crippen LogP contribution is -2.32. The van der Waals surface area contributed by atoms with E-state index in [0.717, 1.165) is 10.0 Å². The van der Waals surface area contributed by atoms with Gasteiger partial charge in [-0.25, -0.2) is 0 Å². The molecule has 0 saturated carbocycles. The van der Waals surface area contributed by atoms with Crippen LogP contribution in [-0.4, -0.2) is 33.4 Å². The van der Waals surface area contributed by atoms with Crippen molar-refractivity contribution in [3.63, 3.8) is 0 Å². The molecular formula is C10H9BrN4O. The second kappa shape index (κ2) is 3.95. The third-order valence-corrected chi connectivity index (χ3v) is 3.01. The Bertz CT molecular complexity index is 492. The van der Waals surface area contributed by atoms with Crippen LogP contribution in [0.15, 0.2) is 28.7 Å². The summed E-state index contributed by atoms with van der Waals surface area (Å²) in [5.74, 6) is 0.652. The van der Waals surface area contributed by atoms with E-state index >= 15 is 0 Å². The molecule has 2 aromatic rings. The second-order valence-corrected chi connectivity index (χ2v) is 4.55. The number of aromatic nitrogens is 4. The summed E-state index contributed by atoms with van der Waals surface area (Å²) in [6, 6.07) is 8.09. The Morgan fingerprint density at radius 1 is 1.25 bits per heavy atom. The summed E-state index contributed by atoms with van der Waals surface area (Å²) in [5, 5.41) is 12.4. The molecule has 5 nitrogen and oxygen atoms in total. The molecule has 0 radical (unpaired) electrons. The van der Waals surface area contributed by atoms with Crippen molar-refractivity contribution in [2.45, 2.75) is 6.04 Å². The molecule has 0 atom stereocenters. The van der Waals surface area contributed by atoms with Gasteiger partial charge >= 0.3 is 0 Å². The average Bonchev–Trinajstić information content (AvgIpc) is 2.65. The molecule has 0 amide bonds. The van der Waals surface area contributed by atoms with Gasteiger partial charge in [-0.1, -0.05) is 15.9 Å². The number of rotatable bonds is 2. The van der Waals surface area contributed by atoms with Crippen LogP contribution in [0.3, 0.4) is 0 Å². The second-order valence-electron chi connectivity index (χ2n) is 3.63. The minimum Gasteiger partial charge on any atom is -0.377 e. The lowest BCUT2D eigenvalue weighted by Gasteiger charge is -2.23. The maximum absolute atomic E-state index is 5.09. The summed E-state index contributed by atoms with van der Waals surface area (Å²) in [4.78, 5) is 1.63. The molecule has 3 rings (SSSR count). The van der Waals surface area contributed by atoms with Crippen LogP contribution in [0, 0.1) is 0 Å². The molecular weight excluding hydrogens is 272 g/mol. The van der Waals surface area contributed by atoms with Gasteiger partial charge in [0.1, 0.15) is 6.04 Å². The highest BCUT2D eigenvalue weighted by Gasteiger charge is 2.23. The Morgan fingerprint density at radius 3 is 2.62 bits per heavy atom. The van der Waals surface area contributed by atoms with Gasteiger partial charge < -0.3 is 4.74 Å². The Hall–Kier alpha value is -1.27. The van der Waals surface area contributed by atoms with E-state index < -0.39 is 0 Å². The largest absolute Gasteiger partial charge is 0.377 e. The van der Waals surface area contributed by atoms with Crippen LogP contribution in [0.25, 0.3) is 11.4 Å². The lowest BCUT2D eigenvalue weighted by molar-refractivity contribution is -0.0354. The third-order valence-electron chi connectivity index (χ3n) is 2.48. The fraction of sp³-hybridized carbons (Fsp3) is 0.300. The predicted molar refractivity (Wildman–Crippen MR) is 60.8 cm³/mol. The number of tetrazole rings is 1. The maximum Gasteiger partial charge on any atom is 0.204 e. The first-order valence-corrected chi connectivity index (χ1v) is 5.75. The molecule has 1 aliphatic heterocycles. The Kier molecular flexibility index (Phi) is 2.45. The molecule has 1 aromatic heterocycles. The van der Waals surface area contributed by atoms with Crippen LogP contribution in [0.2, 0.25) is 0 Å². The Labute approximate surface area is 101 Å². The van der Waals surface area contributed by atoms with E-state index in [1.54, 1.807) is 4.80 Å². The van der Waals surface area contributed by atoms with Gasteiger partial charge in [0, 0.05) is 10.0 Å². The van der Waals surface area contributed by atoms with Crippen LogP contribution in [0.4, 0.5) is 0 Å². The molecule has 1 aromatic carbocycles. The van der Waals surface area contributed by atoms with Crippen molar-refractivity contribution in [3.05, 3.63) is 28.7 Å².